The minimum Gasteiger partial charge on any atom is -0.356 e. The molecular formula is C21H21N5O3. The largest absolute Gasteiger partial charge is 0.356 e. The molecule has 148 valence electrons. The smallest absolute Gasteiger partial charge is 0.254 e. The van der Waals surface area contributed by atoms with Crippen LogP contribution in [0.3, 0.4) is 0 Å². The Bertz CT molecular complexity index is 1040. The average Bonchev–Trinajstić information content (AvgIpc) is 3.08. The molecule has 3 aromatic rings. The quantitative estimate of drug-likeness (QED) is 0.512. The number of rotatable bonds is 6. The Labute approximate surface area is 167 Å². The van der Waals surface area contributed by atoms with Gasteiger partial charge in [0, 0.05) is 19.4 Å². The average molecular weight is 391 g/mol. The number of hydrogen-bond donors (Lipinski definition) is 4. The van der Waals surface area contributed by atoms with Gasteiger partial charge >= 0.3 is 0 Å². The molecular weight excluding hydrogens is 370 g/mol. The summed E-state index contributed by atoms with van der Waals surface area (Å²) in [5, 5.41) is 8.26. The Hall–Kier alpha value is -3.68. The van der Waals surface area contributed by atoms with Gasteiger partial charge in [0.1, 0.15) is 11.9 Å². The number of carbonyl (C=O) groups excluding carboxylic acids is 3. The Morgan fingerprint density at radius 1 is 1.07 bits per heavy atom. The molecule has 1 aliphatic rings. The molecule has 8 nitrogen and oxygen atoms in total. The topological polar surface area (TPSA) is 116 Å². The number of nitrogens with zero attached hydrogens (tertiary/aromatic N) is 1. The van der Waals surface area contributed by atoms with Crippen LogP contribution in [0.5, 0.6) is 0 Å². The summed E-state index contributed by atoms with van der Waals surface area (Å²) in [6, 6.07) is 13.8. The molecule has 29 heavy (non-hydrogen) atoms. The fourth-order valence-electron chi connectivity index (χ4n) is 3.32. The summed E-state index contributed by atoms with van der Waals surface area (Å²) >= 11 is 0. The maximum Gasteiger partial charge on any atom is 0.254 e. The van der Waals surface area contributed by atoms with Crippen LogP contribution >= 0.6 is 0 Å². The summed E-state index contributed by atoms with van der Waals surface area (Å²) in [6.07, 6.45) is 0.938. The summed E-state index contributed by atoms with van der Waals surface area (Å²) in [5.74, 6) is -0.0165. The van der Waals surface area contributed by atoms with Crippen molar-refractivity contribution in [2.24, 2.45) is 0 Å². The minimum atomic E-state index is -0.754. The van der Waals surface area contributed by atoms with E-state index in [-0.39, 0.29) is 30.6 Å². The van der Waals surface area contributed by atoms with E-state index in [9.17, 15) is 14.4 Å². The van der Waals surface area contributed by atoms with Crippen molar-refractivity contribution in [2.45, 2.75) is 25.3 Å². The van der Waals surface area contributed by atoms with Gasteiger partial charge in [0.05, 0.1) is 22.3 Å². The fraction of sp³-hybridized carbons (Fsp3) is 0.238. The van der Waals surface area contributed by atoms with Gasteiger partial charge in [-0.25, -0.2) is 4.98 Å². The number of aromatic amines is 1. The van der Waals surface area contributed by atoms with Gasteiger partial charge in [0.15, 0.2) is 0 Å². The van der Waals surface area contributed by atoms with E-state index in [1.807, 2.05) is 24.3 Å². The molecule has 4 rings (SSSR count). The molecule has 1 atom stereocenters. The van der Waals surface area contributed by atoms with Crippen LogP contribution in [-0.2, 0) is 16.0 Å². The molecule has 0 radical (unpaired) electrons. The van der Waals surface area contributed by atoms with Gasteiger partial charge in [-0.15, -0.1) is 0 Å². The van der Waals surface area contributed by atoms with Crippen molar-refractivity contribution < 1.29 is 14.4 Å². The third-order valence-electron chi connectivity index (χ3n) is 4.83. The number of aromatic nitrogens is 2. The Balaban J connectivity index is 1.26. The maximum atomic E-state index is 12.3. The van der Waals surface area contributed by atoms with Gasteiger partial charge < -0.3 is 20.9 Å². The van der Waals surface area contributed by atoms with Crippen molar-refractivity contribution >= 4 is 34.4 Å². The highest BCUT2D eigenvalue weighted by molar-refractivity contribution is 6.09. The van der Waals surface area contributed by atoms with Crippen molar-refractivity contribution in [2.75, 3.05) is 11.9 Å². The predicted octanol–water partition coefficient (Wildman–Crippen LogP) is 1.75. The molecule has 8 heteroatoms. The second-order valence-electron chi connectivity index (χ2n) is 6.90. The lowest BCUT2D eigenvalue weighted by Crippen LogP contribution is -2.42. The Morgan fingerprint density at radius 2 is 1.86 bits per heavy atom. The molecule has 1 aromatic heterocycles. The first-order valence-electron chi connectivity index (χ1n) is 9.51. The lowest BCUT2D eigenvalue weighted by molar-refractivity contribution is -0.121. The van der Waals surface area contributed by atoms with E-state index in [0.29, 0.717) is 24.2 Å². The van der Waals surface area contributed by atoms with Crippen LogP contribution in [-0.4, -0.2) is 40.3 Å². The highest BCUT2D eigenvalue weighted by Crippen LogP contribution is 2.19. The van der Waals surface area contributed by atoms with E-state index in [0.717, 1.165) is 16.9 Å². The maximum absolute atomic E-state index is 12.3. The fourth-order valence-corrected chi connectivity index (χ4v) is 3.32. The van der Waals surface area contributed by atoms with Gasteiger partial charge in [0.25, 0.3) is 5.91 Å². The number of H-pyrrole nitrogens is 1. The molecule has 0 saturated heterocycles. The summed E-state index contributed by atoms with van der Waals surface area (Å²) < 4.78 is 0. The first kappa shape index (κ1) is 18.7. The molecule has 0 unspecified atom stereocenters. The summed E-state index contributed by atoms with van der Waals surface area (Å²) in [5.41, 5.74) is 2.75. The predicted molar refractivity (Wildman–Crippen MR) is 108 cm³/mol. The van der Waals surface area contributed by atoms with Crippen LogP contribution in [0, 0.1) is 0 Å². The third-order valence-corrected chi connectivity index (χ3v) is 4.83. The number of anilines is 1. The van der Waals surface area contributed by atoms with Crippen LogP contribution in [0.1, 0.15) is 29.0 Å². The number of para-hydroxylation sites is 3. The van der Waals surface area contributed by atoms with E-state index < -0.39 is 6.04 Å². The zero-order valence-electron chi connectivity index (χ0n) is 15.7. The zero-order chi connectivity index (χ0) is 20.2. The number of carbonyl (C=O) groups is 3. The van der Waals surface area contributed by atoms with Gasteiger partial charge in [-0.1, -0.05) is 24.3 Å². The number of imidazole rings is 1. The van der Waals surface area contributed by atoms with Crippen molar-refractivity contribution in [3.05, 3.63) is 59.9 Å². The molecule has 0 saturated carbocycles. The first-order chi connectivity index (χ1) is 14.1. The number of amides is 3. The summed E-state index contributed by atoms with van der Waals surface area (Å²) in [7, 11) is 0. The zero-order valence-corrected chi connectivity index (χ0v) is 15.7. The molecule has 2 heterocycles. The molecule has 1 aliphatic heterocycles. The minimum absolute atomic E-state index is 0.134. The van der Waals surface area contributed by atoms with Crippen molar-refractivity contribution in [1.29, 1.82) is 0 Å². The lowest BCUT2D eigenvalue weighted by Gasteiger charge is -2.14. The van der Waals surface area contributed by atoms with Gasteiger partial charge in [-0.3, -0.25) is 14.4 Å². The highest BCUT2D eigenvalue weighted by Gasteiger charge is 2.27. The van der Waals surface area contributed by atoms with Crippen molar-refractivity contribution in [3.63, 3.8) is 0 Å². The molecule has 4 N–H and O–H groups in total. The Morgan fingerprint density at radius 3 is 2.72 bits per heavy atom. The van der Waals surface area contributed by atoms with Crippen LogP contribution in [0.25, 0.3) is 11.0 Å². The van der Waals surface area contributed by atoms with Gasteiger partial charge in [-0.2, -0.15) is 0 Å². The van der Waals surface area contributed by atoms with E-state index in [2.05, 4.69) is 25.9 Å². The van der Waals surface area contributed by atoms with Crippen molar-refractivity contribution in [3.8, 4) is 0 Å². The number of fused-ring (bicyclic) bond motifs is 2. The number of benzene rings is 2. The van der Waals surface area contributed by atoms with E-state index in [4.69, 9.17) is 0 Å². The molecule has 0 fully saturated rings. The lowest BCUT2D eigenvalue weighted by atomic mass is 10.1. The standard InChI is InChI=1S/C21H21N5O3/c27-19(22-12-11-18-23-15-7-3-4-8-16(15)24-18)10-9-17-21(29)25-14-6-2-1-5-13(14)20(28)26-17/h1-8,17H,9-12H2,(H,22,27)(H,23,24)(H,25,29)(H,26,28)/t17-/m1/s1. The van der Waals surface area contributed by atoms with Crippen LogP contribution in [0.2, 0.25) is 0 Å². The third kappa shape index (κ3) is 4.26. The van der Waals surface area contributed by atoms with Crippen LogP contribution in [0.4, 0.5) is 5.69 Å². The monoisotopic (exact) mass is 391 g/mol. The molecule has 0 bridgehead atoms. The van der Waals surface area contributed by atoms with Crippen molar-refractivity contribution in [1.82, 2.24) is 20.6 Å². The molecule has 2 aromatic carbocycles. The SMILES string of the molecule is O=C(CC[C@H]1NC(=O)c2ccccc2NC1=O)NCCc1nc2ccccc2[nH]1. The van der Waals surface area contributed by atoms with E-state index >= 15 is 0 Å². The van der Waals surface area contributed by atoms with Crippen LogP contribution in [0.15, 0.2) is 48.5 Å². The number of hydrogen-bond acceptors (Lipinski definition) is 4. The molecule has 0 spiro atoms. The summed E-state index contributed by atoms with van der Waals surface area (Å²) in [6.45, 7) is 0.438. The normalized spacial score (nSPS) is 15.9. The van der Waals surface area contributed by atoms with E-state index in [1.54, 1.807) is 24.3 Å². The van der Waals surface area contributed by atoms with Gasteiger partial charge in [-0.05, 0) is 30.7 Å². The number of nitrogens with one attached hydrogen (secondary N) is 4. The molecule has 3 amide bonds. The highest BCUT2D eigenvalue weighted by atomic mass is 16.2. The molecule has 0 aliphatic carbocycles. The van der Waals surface area contributed by atoms with Crippen LogP contribution < -0.4 is 16.0 Å². The van der Waals surface area contributed by atoms with Gasteiger partial charge in [0.2, 0.25) is 11.8 Å². The first-order valence-corrected chi connectivity index (χ1v) is 9.51. The Kier molecular flexibility index (Phi) is 5.24. The van der Waals surface area contributed by atoms with E-state index in [1.165, 1.54) is 0 Å². The second kappa shape index (κ2) is 8.14. The second-order valence-corrected chi connectivity index (χ2v) is 6.90. The summed E-state index contributed by atoms with van der Waals surface area (Å²) in [4.78, 5) is 44.5.